The highest BCUT2D eigenvalue weighted by atomic mass is 79.9. The molecule has 0 spiro atoms. The Hall–Kier alpha value is -0.720. The molecule has 3 nitrogen and oxygen atoms in total. The van der Waals surface area contributed by atoms with Crippen LogP contribution in [-0.4, -0.2) is 29.5 Å². The van der Waals surface area contributed by atoms with E-state index in [9.17, 15) is 8.78 Å². The van der Waals surface area contributed by atoms with E-state index < -0.39 is 24.3 Å². The fraction of sp³-hybridized carbons (Fsp3) is 0.333. The summed E-state index contributed by atoms with van der Waals surface area (Å²) < 4.78 is 26.7. The smallest absolute Gasteiger partial charge is 0.150 e. The van der Waals surface area contributed by atoms with Gasteiger partial charge in [0, 0.05) is 11.0 Å². The lowest BCUT2D eigenvalue weighted by Crippen LogP contribution is -2.23. The van der Waals surface area contributed by atoms with Crippen molar-refractivity contribution in [3.8, 4) is 0 Å². The number of anilines is 1. The second-order valence-corrected chi connectivity index (χ2v) is 3.88. The number of hydrogen-bond acceptors (Lipinski definition) is 3. The maximum absolute atomic E-state index is 13.2. The van der Waals surface area contributed by atoms with Crippen molar-refractivity contribution in [2.75, 3.05) is 18.5 Å². The van der Waals surface area contributed by atoms with Crippen LogP contribution in [0.15, 0.2) is 16.6 Å². The summed E-state index contributed by atoms with van der Waals surface area (Å²) in [5.74, 6) is -1.51. The van der Waals surface area contributed by atoms with Gasteiger partial charge in [0.25, 0.3) is 0 Å². The standard InChI is InChI=1S/C9H10BrF2NO2/c10-5-1-7(11)9(8(12)2-5)13-3-6(15)4-14/h1-2,6,13-15H,3-4H2. The second-order valence-electron chi connectivity index (χ2n) is 2.96. The van der Waals surface area contributed by atoms with Crippen LogP contribution in [0.5, 0.6) is 0 Å². The number of nitrogens with one attached hydrogen (secondary N) is 1. The number of aliphatic hydroxyl groups is 2. The third-order valence-electron chi connectivity index (χ3n) is 1.73. The average molecular weight is 282 g/mol. The first-order valence-corrected chi connectivity index (χ1v) is 5.01. The molecule has 84 valence electrons. The molecule has 1 aromatic carbocycles. The van der Waals surface area contributed by atoms with Crippen LogP contribution in [-0.2, 0) is 0 Å². The lowest BCUT2D eigenvalue weighted by atomic mass is 10.2. The van der Waals surface area contributed by atoms with E-state index in [1.54, 1.807) is 0 Å². The van der Waals surface area contributed by atoms with E-state index in [1.807, 2.05) is 0 Å². The summed E-state index contributed by atoms with van der Waals surface area (Å²) in [6, 6.07) is 2.22. The Morgan fingerprint density at radius 2 is 1.87 bits per heavy atom. The molecule has 15 heavy (non-hydrogen) atoms. The van der Waals surface area contributed by atoms with Gasteiger partial charge >= 0.3 is 0 Å². The number of aliphatic hydroxyl groups excluding tert-OH is 2. The van der Waals surface area contributed by atoms with Crippen molar-refractivity contribution >= 4 is 21.6 Å². The highest BCUT2D eigenvalue weighted by molar-refractivity contribution is 9.10. The normalized spacial score (nSPS) is 12.6. The van der Waals surface area contributed by atoms with Crippen LogP contribution in [0.2, 0.25) is 0 Å². The Morgan fingerprint density at radius 3 is 2.33 bits per heavy atom. The molecule has 3 N–H and O–H groups in total. The van der Waals surface area contributed by atoms with Gasteiger partial charge in [0.15, 0.2) is 0 Å². The van der Waals surface area contributed by atoms with Crippen molar-refractivity contribution < 1.29 is 19.0 Å². The average Bonchev–Trinajstić information content (AvgIpc) is 2.15. The monoisotopic (exact) mass is 281 g/mol. The maximum atomic E-state index is 13.2. The highest BCUT2D eigenvalue weighted by Crippen LogP contribution is 2.23. The van der Waals surface area contributed by atoms with Crippen LogP contribution in [0.4, 0.5) is 14.5 Å². The van der Waals surface area contributed by atoms with Gasteiger partial charge in [0.2, 0.25) is 0 Å². The molecule has 0 radical (unpaired) electrons. The molecule has 1 unspecified atom stereocenters. The molecule has 1 aromatic rings. The second kappa shape index (κ2) is 5.39. The minimum absolute atomic E-state index is 0.119. The molecular weight excluding hydrogens is 272 g/mol. The molecule has 0 bridgehead atoms. The van der Waals surface area contributed by atoms with Crippen LogP contribution in [0, 0.1) is 11.6 Å². The zero-order valence-electron chi connectivity index (χ0n) is 7.67. The van der Waals surface area contributed by atoms with Gasteiger partial charge in [-0.25, -0.2) is 8.78 Å². The zero-order valence-corrected chi connectivity index (χ0v) is 9.26. The van der Waals surface area contributed by atoms with Crippen molar-refractivity contribution in [1.29, 1.82) is 0 Å². The topological polar surface area (TPSA) is 52.5 Å². The first-order chi connectivity index (χ1) is 7.04. The number of benzene rings is 1. The molecule has 0 aromatic heterocycles. The molecule has 0 saturated carbocycles. The summed E-state index contributed by atoms with van der Waals surface area (Å²) in [5, 5.41) is 19.9. The molecule has 0 fully saturated rings. The van der Waals surface area contributed by atoms with E-state index in [2.05, 4.69) is 21.2 Å². The van der Waals surface area contributed by atoms with Gasteiger partial charge in [-0.15, -0.1) is 0 Å². The number of rotatable bonds is 4. The van der Waals surface area contributed by atoms with Gasteiger partial charge in [-0.2, -0.15) is 0 Å². The summed E-state index contributed by atoms with van der Waals surface area (Å²) in [7, 11) is 0. The first-order valence-electron chi connectivity index (χ1n) is 4.22. The van der Waals surface area contributed by atoms with E-state index >= 15 is 0 Å². The molecule has 0 saturated heterocycles. The lowest BCUT2D eigenvalue weighted by Gasteiger charge is -2.11. The minimum Gasteiger partial charge on any atom is -0.394 e. The molecule has 0 amide bonds. The van der Waals surface area contributed by atoms with Crippen LogP contribution < -0.4 is 5.32 Å². The Balaban J connectivity index is 2.77. The third kappa shape index (κ3) is 3.40. The Labute approximate surface area is 93.9 Å². The van der Waals surface area contributed by atoms with Crippen molar-refractivity contribution in [1.82, 2.24) is 0 Å². The number of hydrogen-bond donors (Lipinski definition) is 3. The fourth-order valence-electron chi connectivity index (χ4n) is 0.996. The van der Waals surface area contributed by atoms with Crippen molar-refractivity contribution in [3.05, 3.63) is 28.2 Å². The summed E-state index contributed by atoms with van der Waals surface area (Å²) in [5.41, 5.74) is -0.314. The minimum atomic E-state index is -1.05. The summed E-state index contributed by atoms with van der Waals surface area (Å²) >= 11 is 2.94. The molecule has 6 heteroatoms. The number of halogens is 3. The molecule has 0 heterocycles. The summed E-state index contributed by atoms with van der Waals surface area (Å²) in [6.07, 6.45) is -1.05. The molecule has 0 aliphatic carbocycles. The third-order valence-corrected chi connectivity index (χ3v) is 2.19. The van der Waals surface area contributed by atoms with Gasteiger partial charge in [0.05, 0.1) is 12.7 Å². The SMILES string of the molecule is OCC(O)CNc1c(F)cc(Br)cc1F. The first kappa shape index (κ1) is 12.4. The Bertz CT molecular complexity index is 326. The van der Waals surface area contributed by atoms with Crippen LogP contribution in [0.1, 0.15) is 0 Å². The van der Waals surface area contributed by atoms with Crippen LogP contribution in [0.25, 0.3) is 0 Å². The van der Waals surface area contributed by atoms with E-state index in [0.29, 0.717) is 4.47 Å². The Morgan fingerprint density at radius 1 is 1.33 bits per heavy atom. The fourth-order valence-corrected chi connectivity index (χ4v) is 1.40. The highest BCUT2D eigenvalue weighted by Gasteiger charge is 2.11. The molecule has 0 aliphatic heterocycles. The summed E-state index contributed by atoms with van der Waals surface area (Å²) in [6.45, 7) is -0.585. The van der Waals surface area contributed by atoms with Gasteiger partial charge in [-0.05, 0) is 12.1 Å². The van der Waals surface area contributed by atoms with Crippen molar-refractivity contribution in [2.24, 2.45) is 0 Å². The quantitative estimate of drug-likeness (QED) is 0.784. The lowest BCUT2D eigenvalue weighted by molar-refractivity contribution is 0.105. The van der Waals surface area contributed by atoms with Crippen molar-refractivity contribution in [2.45, 2.75) is 6.10 Å². The molecular formula is C9H10BrF2NO2. The van der Waals surface area contributed by atoms with E-state index in [4.69, 9.17) is 10.2 Å². The predicted octanol–water partition coefficient (Wildman–Crippen LogP) is 1.49. The molecule has 1 rings (SSSR count). The van der Waals surface area contributed by atoms with E-state index in [1.165, 1.54) is 0 Å². The predicted molar refractivity (Wildman–Crippen MR) is 55.6 cm³/mol. The Kier molecular flexibility index (Phi) is 4.44. The van der Waals surface area contributed by atoms with Crippen molar-refractivity contribution in [3.63, 3.8) is 0 Å². The summed E-state index contributed by atoms with van der Waals surface area (Å²) in [4.78, 5) is 0. The van der Waals surface area contributed by atoms with Gasteiger partial charge < -0.3 is 15.5 Å². The maximum Gasteiger partial charge on any atom is 0.150 e. The molecule has 1 atom stereocenters. The van der Waals surface area contributed by atoms with Gasteiger partial charge in [-0.1, -0.05) is 15.9 Å². The van der Waals surface area contributed by atoms with Crippen LogP contribution >= 0.6 is 15.9 Å². The van der Waals surface area contributed by atoms with Gasteiger partial charge in [-0.3, -0.25) is 0 Å². The van der Waals surface area contributed by atoms with E-state index in [0.717, 1.165) is 12.1 Å². The largest absolute Gasteiger partial charge is 0.394 e. The van der Waals surface area contributed by atoms with E-state index in [-0.39, 0.29) is 12.2 Å². The zero-order chi connectivity index (χ0) is 11.4. The molecule has 0 aliphatic rings. The van der Waals surface area contributed by atoms with Crippen LogP contribution in [0.3, 0.4) is 0 Å². The van der Waals surface area contributed by atoms with Gasteiger partial charge in [0.1, 0.15) is 17.3 Å².